The molecule has 0 spiro atoms. The van der Waals surface area contributed by atoms with Gasteiger partial charge in [0.15, 0.2) is 0 Å². The number of anilines is 1. The highest BCUT2D eigenvalue weighted by molar-refractivity contribution is 5.75. The van der Waals surface area contributed by atoms with Crippen LogP contribution >= 0.6 is 0 Å². The van der Waals surface area contributed by atoms with Gasteiger partial charge < -0.3 is 4.90 Å². The van der Waals surface area contributed by atoms with Crippen LogP contribution in [0.1, 0.15) is 43.9 Å². The third-order valence-corrected chi connectivity index (χ3v) is 6.53. The number of allylic oxidation sites excluding steroid dienone is 2. The zero-order valence-corrected chi connectivity index (χ0v) is 17.3. The highest BCUT2D eigenvalue weighted by Crippen LogP contribution is 2.55. The summed E-state index contributed by atoms with van der Waals surface area (Å²) >= 11 is 0. The summed E-state index contributed by atoms with van der Waals surface area (Å²) in [6.45, 7) is 11.2. The van der Waals surface area contributed by atoms with Crippen molar-refractivity contribution in [3.63, 3.8) is 0 Å². The molecule has 4 rings (SSSR count). The lowest BCUT2D eigenvalue weighted by Crippen LogP contribution is -2.46. The lowest BCUT2D eigenvalue weighted by atomic mass is 9.58. The number of aryl methyl sites for hydroxylation is 1. The van der Waals surface area contributed by atoms with Gasteiger partial charge in [0.05, 0.1) is 11.6 Å². The third kappa shape index (κ3) is 3.06. The van der Waals surface area contributed by atoms with Crippen LogP contribution in [0.25, 0.3) is 5.57 Å². The van der Waals surface area contributed by atoms with Crippen LogP contribution in [0.4, 0.5) is 5.69 Å². The summed E-state index contributed by atoms with van der Waals surface area (Å²) in [5.74, 6) is 0. The molecule has 1 aliphatic heterocycles. The van der Waals surface area contributed by atoms with Crippen molar-refractivity contribution in [2.24, 2.45) is 10.8 Å². The van der Waals surface area contributed by atoms with Crippen molar-refractivity contribution in [1.82, 2.24) is 0 Å². The number of fused-ring (bicyclic) bond motifs is 1. The molecule has 0 N–H and O–H groups in total. The summed E-state index contributed by atoms with van der Waals surface area (Å²) in [6, 6.07) is 19.1. The molecule has 2 aliphatic rings. The van der Waals surface area contributed by atoms with Crippen molar-refractivity contribution < 1.29 is 0 Å². The predicted octanol–water partition coefficient (Wildman–Crippen LogP) is 6.13. The number of hydrogen-bond donors (Lipinski definition) is 0. The first-order chi connectivity index (χ1) is 13.3. The summed E-state index contributed by atoms with van der Waals surface area (Å²) in [5.41, 5.74) is 7.72. The normalized spacial score (nSPS) is 23.3. The molecule has 1 aliphatic carbocycles. The third-order valence-electron chi connectivity index (χ3n) is 6.53. The minimum absolute atomic E-state index is 0.0268. The Balaban J connectivity index is 1.66. The molecule has 0 unspecified atom stereocenters. The predicted molar refractivity (Wildman–Crippen MR) is 117 cm³/mol. The molecule has 28 heavy (non-hydrogen) atoms. The first kappa shape index (κ1) is 18.6. The van der Waals surface area contributed by atoms with Crippen molar-refractivity contribution in [3.8, 4) is 6.07 Å². The topological polar surface area (TPSA) is 27.0 Å². The van der Waals surface area contributed by atoms with E-state index in [1.165, 1.54) is 22.4 Å². The van der Waals surface area contributed by atoms with Crippen molar-refractivity contribution in [2.45, 2.75) is 34.1 Å². The average molecular weight is 369 g/mol. The monoisotopic (exact) mass is 368 g/mol. The second-order valence-electron chi connectivity index (χ2n) is 9.03. The maximum atomic E-state index is 9.05. The van der Waals surface area contributed by atoms with E-state index in [0.717, 1.165) is 19.5 Å². The van der Waals surface area contributed by atoms with Crippen LogP contribution in [0.3, 0.4) is 0 Å². The Morgan fingerprint density at radius 2 is 1.61 bits per heavy atom. The van der Waals surface area contributed by atoms with Crippen LogP contribution in [0.2, 0.25) is 0 Å². The van der Waals surface area contributed by atoms with E-state index in [4.69, 9.17) is 5.26 Å². The van der Waals surface area contributed by atoms with Gasteiger partial charge in [0.1, 0.15) is 0 Å². The fourth-order valence-electron chi connectivity index (χ4n) is 5.09. The minimum Gasteiger partial charge on any atom is -0.367 e. The van der Waals surface area contributed by atoms with Crippen LogP contribution < -0.4 is 4.90 Å². The zero-order valence-electron chi connectivity index (χ0n) is 17.3. The largest absolute Gasteiger partial charge is 0.367 e. The van der Waals surface area contributed by atoms with Gasteiger partial charge in [-0.1, -0.05) is 68.3 Å². The van der Waals surface area contributed by atoms with E-state index >= 15 is 0 Å². The van der Waals surface area contributed by atoms with E-state index in [-0.39, 0.29) is 10.8 Å². The lowest BCUT2D eigenvalue weighted by Gasteiger charge is -2.51. The van der Waals surface area contributed by atoms with Crippen molar-refractivity contribution in [1.29, 1.82) is 5.26 Å². The Labute approximate surface area is 168 Å². The highest BCUT2D eigenvalue weighted by atomic mass is 15.1. The summed E-state index contributed by atoms with van der Waals surface area (Å²) in [7, 11) is 0. The number of nitriles is 1. The molecular formula is C26H28N2. The fourth-order valence-corrected chi connectivity index (χ4v) is 5.09. The number of benzene rings is 2. The first-order valence-corrected chi connectivity index (χ1v) is 10.1. The van der Waals surface area contributed by atoms with E-state index in [1.807, 2.05) is 12.1 Å². The van der Waals surface area contributed by atoms with Crippen LogP contribution in [0.5, 0.6) is 0 Å². The summed E-state index contributed by atoms with van der Waals surface area (Å²) in [6.07, 6.45) is 5.96. The molecule has 2 nitrogen and oxygen atoms in total. The molecule has 0 bridgehead atoms. The molecule has 0 saturated carbocycles. The average Bonchev–Trinajstić information content (AvgIpc) is 2.68. The van der Waals surface area contributed by atoms with E-state index in [1.54, 1.807) is 5.57 Å². The summed E-state index contributed by atoms with van der Waals surface area (Å²) in [5, 5.41) is 9.05. The molecule has 2 aromatic rings. The standard InChI is InChI=1S/C26H28N2/c1-19-5-9-21(10-6-19)23-13-15-26(4)18-28(16-14-24(26)25(23,2)3)22-11-7-20(17-27)8-12-22/h5-14H,15-16,18H2,1-4H3/t26-/m1/s1. The van der Waals surface area contributed by atoms with Crippen molar-refractivity contribution >= 4 is 11.3 Å². The van der Waals surface area contributed by atoms with Gasteiger partial charge in [0, 0.05) is 29.6 Å². The van der Waals surface area contributed by atoms with Crippen molar-refractivity contribution in [3.05, 3.63) is 82.9 Å². The molecular weight excluding hydrogens is 340 g/mol. The molecule has 0 saturated heterocycles. The molecule has 2 aromatic carbocycles. The van der Waals surface area contributed by atoms with Crippen LogP contribution in [0.15, 0.2) is 66.3 Å². The van der Waals surface area contributed by atoms with Gasteiger partial charge in [-0.3, -0.25) is 0 Å². The first-order valence-electron chi connectivity index (χ1n) is 10.1. The van der Waals surface area contributed by atoms with E-state index in [0.29, 0.717) is 5.56 Å². The molecule has 0 fully saturated rings. The number of rotatable bonds is 2. The molecule has 1 atom stereocenters. The smallest absolute Gasteiger partial charge is 0.0991 e. The Kier molecular flexibility index (Phi) is 4.42. The summed E-state index contributed by atoms with van der Waals surface area (Å²) in [4.78, 5) is 2.44. The van der Waals surface area contributed by atoms with Gasteiger partial charge >= 0.3 is 0 Å². The Morgan fingerprint density at radius 3 is 2.25 bits per heavy atom. The second-order valence-corrected chi connectivity index (χ2v) is 9.03. The molecule has 0 radical (unpaired) electrons. The van der Waals surface area contributed by atoms with Gasteiger partial charge in [-0.15, -0.1) is 0 Å². The molecule has 1 heterocycles. The highest BCUT2D eigenvalue weighted by Gasteiger charge is 2.45. The SMILES string of the molecule is Cc1ccc(C2=CC[C@]3(C)CN(c4ccc(C#N)cc4)CC=C3C2(C)C)cc1. The maximum absolute atomic E-state index is 9.05. The van der Waals surface area contributed by atoms with E-state index < -0.39 is 0 Å². The minimum atomic E-state index is 0.0268. The van der Waals surface area contributed by atoms with E-state index in [2.05, 4.69) is 87.2 Å². The number of hydrogen-bond acceptors (Lipinski definition) is 2. The summed E-state index contributed by atoms with van der Waals surface area (Å²) < 4.78 is 0. The quantitative estimate of drug-likeness (QED) is 0.596. The van der Waals surface area contributed by atoms with Crippen LogP contribution in [0, 0.1) is 29.1 Å². The van der Waals surface area contributed by atoms with Gasteiger partial charge in [0.25, 0.3) is 0 Å². The van der Waals surface area contributed by atoms with Gasteiger partial charge in [-0.25, -0.2) is 0 Å². The molecule has 142 valence electrons. The van der Waals surface area contributed by atoms with Gasteiger partial charge in [-0.05, 0) is 48.7 Å². The zero-order chi connectivity index (χ0) is 19.9. The lowest BCUT2D eigenvalue weighted by molar-refractivity contribution is 0.312. The maximum Gasteiger partial charge on any atom is 0.0991 e. The second kappa shape index (κ2) is 6.67. The van der Waals surface area contributed by atoms with Gasteiger partial charge in [0.2, 0.25) is 0 Å². The number of nitrogens with zero attached hydrogens (tertiary/aromatic N) is 2. The van der Waals surface area contributed by atoms with Gasteiger partial charge in [-0.2, -0.15) is 5.26 Å². The van der Waals surface area contributed by atoms with Crippen LogP contribution in [-0.4, -0.2) is 13.1 Å². The molecule has 0 aromatic heterocycles. The Morgan fingerprint density at radius 1 is 0.929 bits per heavy atom. The fraction of sp³-hybridized carbons (Fsp3) is 0.346. The Bertz CT molecular complexity index is 984. The molecule has 2 heteroatoms. The molecule has 0 amide bonds. The van der Waals surface area contributed by atoms with E-state index in [9.17, 15) is 0 Å². The van der Waals surface area contributed by atoms with Crippen molar-refractivity contribution in [2.75, 3.05) is 18.0 Å². The van der Waals surface area contributed by atoms with Crippen LogP contribution in [-0.2, 0) is 0 Å². The Hall–Kier alpha value is -2.79.